The van der Waals surface area contributed by atoms with Crippen molar-refractivity contribution in [2.45, 2.75) is 26.7 Å². The Labute approximate surface area is 103 Å². The average Bonchev–Trinajstić information content (AvgIpc) is 2.81. The molecule has 90 valence electrons. The number of benzene rings is 1. The van der Waals surface area contributed by atoms with E-state index in [0.29, 0.717) is 11.6 Å². The van der Waals surface area contributed by atoms with Crippen molar-refractivity contribution in [2.75, 3.05) is 13.1 Å². The van der Waals surface area contributed by atoms with Crippen LogP contribution in [0.4, 0.5) is 11.4 Å². The minimum absolute atomic E-state index is 0.254. The highest BCUT2D eigenvalue weighted by Crippen LogP contribution is 2.25. The Morgan fingerprint density at radius 1 is 1.24 bits per heavy atom. The summed E-state index contributed by atoms with van der Waals surface area (Å²) in [5.41, 5.74) is 10.7. The monoisotopic (exact) mass is 229 g/mol. The van der Waals surface area contributed by atoms with Crippen molar-refractivity contribution in [3.8, 4) is 0 Å². The van der Waals surface area contributed by atoms with E-state index in [0.717, 1.165) is 18.9 Å². The lowest BCUT2D eigenvalue weighted by molar-refractivity contribution is 0.489. The second-order valence-corrected chi connectivity index (χ2v) is 4.81. The Balaban J connectivity index is 2.29. The average molecular weight is 229 g/mol. The zero-order valence-electron chi connectivity index (χ0n) is 10.6. The Hall–Kier alpha value is -1.51. The first-order valence-corrected chi connectivity index (χ1v) is 6.30. The summed E-state index contributed by atoms with van der Waals surface area (Å²) in [4.78, 5) is 6.96. The van der Waals surface area contributed by atoms with Gasteiger partial charge in [0.2, 0.25) is 0 Å². The normalized spacial score (nSPS) is 16.9. The molecule has 0 unspecified atom stereocenters. The first-order valence-electron chi connectivity index (χ1n) is 6.30. The largest absolute Gasteiger partial charge is 0.360 e. The number of para-hydroxylation sites is 1. The lowest BCUT2D eigenvalue weighted by atomic mass is 10.1. The molecule has 0 aliphatic carbocycles. The molecule has 1 aliphatic rings. The Kier molecular flexibility index (Phi) is 3.67. The molecule has 1 saturated heterocycles. The molecule has 2 rings (SSSR count). The Morgan fingerprint density at radius 2 is 1.88 bits per heavy atom. The summed E-state index contributed by atoms with van der Waals surface area (Å²) in [6.07, 6.45) is 2.49. The highest BCUT2D eigenvalue weighted by Gasteiger charge is 2.19. The summed E-state index contributed by atoms with van der Waals surface area (Å²) in [5, 5.41) is 0. The predicted octanol–water partition coefficient (Wildman–Crippen LogP) is 3.17. The molecule has 0 amide bonds. The minimum atomic E-state index is 0.254. The molecule has 3 heteroatoms. The van der Waals surface area contributed by atoms with E-state index in [1.807, 2.05) is 18.2 Å². The van der Waals surface area contributed by atoms with E-state index in [4.69, 9.17) is 0 Å². The molecule has 1 aliphatic heterocycles. The quantitative estimate of drug-likeness (QED) is 0.567. The van der Waals surface area contributed by atoms with Crippen molar-refractivity contribution in [1.29, 1.82) is 0 Å². The minimum Gasteiger partial charge on any atom is -0.360 e. The van der Waals surface area contributed by atoms with E-state index in [-0.39, 0.29) is 5.69 Å². The summed E-state index contributed by atoms with van der Waals surface area (Å²) < 4.78 is 0. The maximum atomic E-state index is 9.76. The molecule has 0 bridgehead atoms. The van der Waals surface area contributed by atoms with Gasteiger partial charge in [0.15, 0.2) is 0 Å². The van der Waals surface area contributed by atoms with Gasteiger partial charge in [-0.05, 0) is 25.0 Å². The van der Waals surface area contributed by atoms with Gasteiger partial charge in [0.25, 0.3) is 0 Å². The van der Waals surface area contributed by atoms with Gasteiger partial charge in [-0.15, -0.1) is 5.73 Å². The van der Waals surface area contributed by atoms with Gasteiger partial charge >= 0.3 is 0 Å². The van der Waals surface area contributed by atoms with Crippen molar-refractivity contribution in [2.24, 2.45) is 10.9 Å². The molecule has 0 atom stereocenters. The number of amidine groups is 1. The van der Waals surface area contributed by atoms with Crippen molar-refractivity contribution in [3.63, 3.8) is 0 Å². The molecule has 1 heterocycles. The highest BCUT2D eigenvalue weighted by atomic mass is 15.2. The fraction of sp³-hybridized carbons (Fsp3) is 0.500. The number of rotatable bonds is 2. The zero-order chi connectivity index (χ0) is 12.3. The van der Waals surface area contributed by atoms with Gasteiger partial charge in [0, 0.05) is 19.0 Å². The summed E-state index contributed by atoms with van der Waals surface area (Å²) >= 11 is 0. The topological polar surface area (TPSA) is 37.9 Å². The molecule has 1 fully saturated rings. The van der Waals surface area contributed by atoms with Crippen LogP contribution in [0.1, 0.15) is 26.7 Å². The maximum Gasteiger partial charge on any atom is 0.111 e. The number of likely N-dealkylation sites (tertiary alicyclic amines) is 1. The molecule has 2 radical (unpaired) electrons. The number of hydrogen-bond acceptors (Lipinski definition) is 1. The molecule has 0 N–H and O–H groups in total. The van der Waals surface area contributed by atoms with E-state index in [1.54, 1.807) is 6.07 Å². The van der Waals surface area contributed by atoms with Crippen LogP contribution in [0.2, 0.25) is 0 Å². The molecule has 17 heavy (non-hydrogen) atoms. The molecule has 0 saturated carbocycles. The van der Waals surface area contributed by atoms with Crippen molar-refractivity contribution >= 4 is 17.2 Å². The van der Waals surface area contributed by atoms with Crippen LogP contribution in [0, 0.1) is 5.92 Å². The van der Waals surface area contributed by atoms with Crippen LogP contribution in [-0.2, 0) is 0 Å². The third-order valence-electron chi connectivity index (χ3n) is 3.06. The molecule has 0 spiro atoms. The van der Waals surface area contributed by atoms with Crippen molar-refractivity contribution in [1.82, 2.24) is 10.6 Å². The Bertz CT molecular complexity index is 404. The van der Waals surface area contributed by atoms with Gasteiger partial charge in [-0.2, -0.15) is 0 Å². The van der Waals surface area contributed by atoms with Crippen LogP contribution in [0.5, 0.6) is 0 Å². The number of nitrogens with zero attached hydrogens (tertiary/aromatic N) is 3. The predicted molar refractivity (Wildman–Crippen MR) is 71.0 cm³/mol. The summed E-state index contributed by atoms with van der Waals surface area (Å²) in [6.45, 7) is 6.48. The van der Waals surface area contributed by atoms with Crippen LogP contribution >= 0.6 is 0 Å². The molecular weight excluding hydrogens is 210 g/mol. The highest BCUT2D eigenvalue weighted by molar-refractivity contribution is 5.88. The number of hydrogen-bond donors (Lipinski definition) is 0. The van der Waals surface area contributed by atoms with Gasteiger partial charge in [0.05, 0.1) is 5.69 Å². The van der Waals surface area contributed by atoms with Gasteiger partial charge in [-0.3, -0.25) is 0 Å². The summed E-state index contributed by atoms with van der Waals surface area (Å²) in [6, 6.07) is 7.26. The van der Waals surface area contributed by atoms with Crippen LogP contribution in [0.15, 0.2) is 29.3 Å². The SMILES string of the molecule is CC(C)C(=Nc1ccccc1[N])N1CCCC1. The van der Waals surface area contributed by atoms with Crippen molar-refractivity contribution in [3.05, 3.63) is 24.3 Å². The lowest BCUT2D eigenvalue weighted by Gasteiger charge is -2.23. The van der Waals surface area contributed by atoms with E-state index in [2.05, 4.69) is 23.7 Å². The zero-order valence-corrected chi connectivity index (χ0v) is 10.6. The smallest absolute Gasteiger partial charge is 0.111 e. The fourth-order valence-electron chi connectivity index (χ4n) is 2.19. The van der Waals surface area contributed by atoms with Gasteiger partial charge in [-0.1, -0.05) is 26.0 Å². The molecule has 0 aromatic heterocycles. The first kappa shape index (κ1) is 12.0. The molecule has 3 nitrogen and oxygen atoms in total. The second-order valence-electron chi connectivity index (χ2n) is 4.81. The molecular formula is C14H19N3. The molecule has 1 aromatic carbocycles. The van der Waals surface area contributed by atoms with Crippen LogP contribution in [0.3, 0.4) is 0 Å². The van der Waals surface area contributed by atoms with Crippen LogP contribution < -0.4 is 5.73 Å². The van der Waals surface area contributed by atoms with Crippen LogP contribution in [0.25, 0.3) is 0 Å². The fourth-order valence-corrected chi connectivity index (χ4v) is 2.19. The van der Waals surface area contributed by atoms with Crippen molar-refractivity contribution < 1.29 is 0 Å². The summed E-state index contributed by atoms with van der Waals surface area (Å²) in [5.74, 6) is 1.47. The van der Waals surface area contributed by atoms with Gasteiger partial charge in [-0.25, -0.2) is 4.99 Å². The van der Waals surface area contributed by atoms with E-state index in [9.17, 15) is 5.73 Å². The van der Waals surface area contributed by atoms with Gasteiger partial charge in [0.1, 0.15) is 11.5 Å². The van der Waals surface area contributed by atoms with E-state index < -0.39 is 0 Å². The van der Waals surface area contributed by atoms with E-state index >= 15 is 0 Å². The van der Waals surface area contributed by atoms with Gasteiger partial charge < -0.3 is 4.90 Å². The van der Waals surface area contributed by atoms with Crippen LogP contribution in [-0.4, -0.2) is 23.8 Å². The summed E-state index contributed by atoms with van der Waals surface area (Å²) in [7, 11) is 0. The van der Waals surface area contributed by atoms with E-state index in [1.165, 1.54) is 12.8 Å². The third kappa shape index (κ3) is 2.78. The standard InChI is InChI=1S/C14H19N3/c1-11(2)14(17-9-5-6-10-17)16-13-8-4-3-7-12(13)15/h3-4,7-8,11H,5-6,9-10H2,1-2H3. The first-order chi connectivity index (χ1) is 8.18. The lowest BCUT2D eigenvalue weighted by Crippen LogP contribution is -2.31. The molecule has 1 aromatic rings. The maximum absolute atomic E-state index is 9.76. The second kappa shape index (κ2) is 5.21. The Morgan fingerprint density at radius 3 is 2.47 bits per heavy atom. The number of aliphatic imine (C=N–C) groups is 1. The third-order valence-corrected chi connectivity index (χ3v) is 3.06.